The van der Waals surface area contributed by atoms with Crippen molar-refractivity contribution >= 4 is 14.5 Å². The van der Waals surface area contributed by atoms with E-state index >= 15 is 0 Å². The minimum atomic E-state index is -0.519. The van der Waals surface area contributed by atoms with Crippen LogP contribution in [0.1, 0.15) is 12.8 Å². The first-order valence-electron chi connectivity index (χ1n) is 2.62. The number of aliphatic hydroxyl groups is 1. The lowest BCUT2D eigenvalue weighted by atomic mass is 10.4. The van der Waals surface area contributed by atoms with Gasteiger partial charge in [-0.05, 0) is 6.42 Å². The Kier molecular flexibility index (Phi) is 2.01. The van der Waals surface area contributed by atoms with Crippen molar-refractivity contribution in [2.24, 2.45) is 0 Å². The minimum absolute atomic E-state index is 0.185. The molecule has 1 N–H and O–H groups in total. The molecule has 1 unspecified atom stereocenters. The summed E-state index contributed by atoms with van der Waals surface area (Å²) in [5.41, 5.74) is 0. The van der Waals surface area contributed by atoms with E-state index in [0.717, 1.165) is 21.0 Å². The molecule has 0 bridgehead atoms. The van der Waals surface area contributed by atoms with Gasteiger partial charge in [0.2, 0.25) is 0 Å². The maximum absolute atomic E-state index is 8.78. The molecule has 2 atom stereocenters. The average molecular weight is 132 g/mol. The molecule has 1 aliphatic rings. The lowest BCUT2D eigenvalue weighted by molar-refractivity contribution is -0.0682. The summed E-state index contributed by atoms with van der Waals surface area (Å²) in [6.45, 7) is 0. The molecule has 0 saturated carbocycles. The highest BCUT2D eigenvalue weighted by molar-refractivity contribution is 7.37. The van der Waals surface area contributed by atoms with E-state index in [2.05, 4.69) is 6.30 Å². The first kappa shape index (κ1) is 6.21. The second-order valence-electron chi connectivity index (χ2n) is 1.81. The Balaban J connectivity index is 2.32. The lowest BCUT2D eigenvalue weighted by Gasteiger charge is -2.01. The van der Waals surface area contributed by atoms with E-state index in [1.165, 1.54) is 0 Å². The molecule has 0 aromatic carbocycles. The summed E-state index contributed by atoms with van der Waals surface area (Å²) in [4.78, 5) is 0. The molecule has 0 radical (unpaired) electrons. The van der Waals surface area contributed by atoms with E-state index in [0.29, 0.717) is 0 Å². The molecular formula is C5H9O2P. The summed E-state index contributed by atoms with van der Waals surface area (Å²) in [5, 5.41) is 8.78. The molecule has 0 aliphatic carbocycles. The average Bonchev–Trinajstić information content (AvgIpc) is 2.14. The third-order valence-electron chi connectivity index (χ3n) is 1.18. The second kappa shape index (κ2) is 2.58. The number of hydrogen-bond acceptors (Lipinski definition) is 2. The summed E-state index contributed by atoms with van der Waals surface area (Å²) in [5.74, 6) is 0.185. The van der Waals surface area contributed by atoms with Crippen molar-refractivity contribution in [2.75, 3.05) is 0 Å². The van der Waals surface area contributed by atoms with Crippen molar-refractivity contribution in [3.8, 4) is 0 Å². The van der Waals surface area contributed by atoms with Crippen LogP contribution < -0.4 is 0 Å². The SMILES string of the molecule is C=PC1CC[C@H](O)O1. The Morgan fingerprint density at radius 2 is 2.38 bits per heavy atom. The number of aliphatic hydroxyl groups excluding tert-OH is 1. The lowest BCUT2D eigenvalue weighted by Crippen LogP contribution is -2.03. The zero-order valence-electron chi connectivity index (χ0n) is 4.58. The highest BCUT2D eigenvalue weighted by Gasteiger charge is 2.20. The molecule has 46 valence electrons. The van der Waals surface area contributed by atoms with Crippen LogP contribution in [0.2, 0.25) is 0 Å². The minimum Gasteiger partial charge on any atom is -0.368 e. The van der Waals surface area contributed by atoms with Crippen LogP contribution in [0.15, 0.2) is 0 Å². The van der Waals surface area contributed by atoms with E-state index in [4.69, 9.17) is 9.84 Å². The molecule has 1 heterocycles. The third-order valence-corrected chi connectivity index (χ3v) is 1.97. The Bertz CT molecular complexity index is 94.4. The van der Waals surface area contributed by atoms with E-state index in [9.17, 15) is 0 Å². The van der Waals surface area contributed by atoms with Gasteiger partial charge in [-0.3, -0.25) is 0 Å². The molecule has 1 fully saturated rings. The summed E-state index contributed by atoms with van der Waals surface area (Å²) in [6.07, 6.45) is 4.84. The molecule has 2 nitrogen and oxygen atoms in total. The van der Waals surface area contributed by atoms with E-state index < -0.39 is 6.29 Å². The van der Waals surface area contributed by atoms with Gasteiger partial charge in [0, 0.05) is 6.42 Å². The first-order chi connectivity index (χ1) is 3.83. The molecule has 0 aromatic rings. The fraction of sp³-hybridized carbons (Fsp3) is 0.800. The topological polar surface area (TPSA) is 29.5 Å². The van der Waals surface area contributed by atoms with Gasteiger partial charge in [0.25, 0.3) is 0 Å². The van der Waals surface area contributed by atoms with Crippen molar-refractivity contribution in [1.82, 2.24) is 0 Å². The Morgan fingerprint density at radius 3 is 2.62 bits per heavy atom. The Morgan fingerprint density at radius 1 is 1.62 bits per heavy atom. The number of ether oxygens (including phenoxy) is 1. The van der Waals surface area contributed by atoms with Crippen LogP contribution in [0.4, 0.5) is 0 Å². The third kappa shape index (κ3) is 1.28. The van der Waals surface area contributed by atoms with Gasteiger partial charge in [0.15, 0.2) is 6.29 Å². The molecule has 1 saturated heterocycles. The van der Waals surface area contributed by atoms with Crippen molar-refractivity contribution in [2.45, 2.75) is 25.0 Å². The quantitative estimate of drug-likeness (QED) is 0.535. The molecule has 1 aliphatic heterocycles. The van der Waals surface area contributed by atoms with Crippen LogP contribution >= 0.6 is 8.20 Å². The predicted molar refractivity (Wildman–Crippen MR) is 34.2 cm³/mol. The second-order valence-corrected chi connectivity index (χ2v) is 2.75. The monoisotopic (exact) mass is 132 g/mol. The van der Waals surface area contributed by atoms with Gasteiger partial charge in [0.1, 0.15) is 5.85 Å². The van der Waals surface area contributed by atoms with E-state index in [-0.39, 0.29) is 5.85 Å². The van der Waals surface area contributed by atoms with Gasteiger partial charge in [0.05, 0.1) is 0 Å². The van der Waals surface area contributed by atoms with Gasteiger partial charge in [-0.1, -0.05) is 14.5 Å². The Labute approximate surface area is 50.3 Å². The summed E-state index contributed by atoms with van der Waals surface area (Å²) in [7, 11) is 0.985. The van der Waals surface area contributed by atoms with Crippen LogP contribution in [-0.2, 0) is 4.74 Å². The zero-order chi connectivity index (χ0) is 5.98. The maximum Gasteiger partial charge on any atom is 0.155 e. The summed E-state index contributed by atoms with van der Waals surface area (Å²) >= 11 is 0. The van der Waals surface area contributed by atoms with Crippen LogP contribution in [0.5, 0.6) is 0 Å². The highest BCUT2D eigenvalue weighted by atomic mass is 31.1. The fourth-order valence-corrected chi connectivity index (χ4v) is 1.30. The van der Waals surface area contributed by atoms with Crippen LogP contribution in [-0.4, -0.2) is 23.5 Å². The molecule has 0 aromatic heterocycles. The summed E-state index contributed by atoms with van der Waals surface area (Å²) < 4.78 is 4.99. The van der Waals surface area contributed by atoms with Crippen LogP contribution in [0.25, 0.3) is 0 Å². The van der Waals surface area contributed by atoms with Crippen LogP contribution in [0, 0.1) is 0 Å². The van der Waals surface area contributed by atoms with Crippen molar-refractivity contribution < 1.29 is 9.84 Å². The first-order valence-corrected chi connectivity index (χ1v) is 3.77. The molecule has 8 heavy (non-hydrogen) atoms. The highest BCUT2D eigenvalue weighted by Crippen LogP contribution is 2.24. The van der Waals surface area contributed by atoms with Gasteiger partial charge < -0.3 is 9.84 Å². The summed E-state index contributed by atoms with van der Waals surface area (Å²) in [6, 6.07) is 0. The van der Waals surface area contributed by atoms with Crippen molar-refractivity contribution in [1.29, 1.82) is 0 Å². The molecule has 0 amide bonds. The van der Waals surface area contributed by atoms with Crippen molar-refractivity contribution in [3.63, 3.8) is 0 Å². The molecule has 1 rings (SSSR count). The maximum atomic E-state index is 8.78. The van der Waals surface area contributed by atoms with E-state index in [1.54, 1.807) is 0 Å². The van der Waals surface area contributed by atoms with Gasteiger partial charge in [-0.15, -0.1) is 0 Å². The molecule has 0 spiro atoms. The van der Waals surface area contributed by atoms with Crippen molar-refractivity contribution in [3.05, 3.63) is 0 Å². The smallest absolute Gasteiger partial charge is 0.155 e. The van der Waals surface area contributed by atoms with Crippen LogP contribution in [0.3, 0.4) is 0 Å². The van der Waals surface area contributed by atoms with Gasteiger partial charge in [-0.2, -0.15) is 0 Å². The van der Waals surface area contributed by atoms with Gasteiger partial charge >= 0.3 is 0 Å². The zero-order valence-corrected chi connectivity index (χ0v) is 5.47. The largest absolute Gasteiger partial charge is 0.368 e. The molecular weight excluding hydrogens is 123 g/mol. The standard InChI is InChI=1S/C5H9O2P/c1-8-5-3-2-4(6)7-5/h4-6H,1-3H2/t4-,5?/m1/s1. The van der Waals surface area contributed by atoms with Gasteiger partial charge in [-0.25, -0.2) is 0 Å². The fourth-order valence-electron chi connectivity index (χ4n) is 0.737. The predicted octanol–water partition coefficient (Wildman–Crippen LogP) is 0.819. The normalized spacial score (nSPS) is 38.6. The Hall–Kier alpha value is 0.0900. The van der Waals surface area contributed by atoms with E-state index in [1.807, 2.05) is 0 Å². The number of hydrogen-bond donors (Lipinski definition) is 1. The molecule has 3 heteroatoms. The number of rotatable bonds is 1.